The van der Waals surface area contributed by atoms with Crippen molar-refractivity contribution in [3.05, 3.63) is 42.0 Å². The van der Waals surface area contributed by atoms with Gasteiger partial charge in [-0.2, -0.15) is 0 Å². The Kier molecular flexibility index (Phi) is 5.77. The van der Waals surface area contributed by atoms with Crippen molar-refractivity contribution in [3.63, 3.8) is 0 Å². The van der Waals surface area contributed by atoms with E-state index in [-0.39, 0.29) is 5.96 Å². The van der Waals surface area contributed by atoms with Crippen LogP contribution in [-0.4, -0.2) is 18.5 Å². The topological polar surface area (TPSA) is 82.2 Å². The molecule has 0 fully saturated rings. The minimum absolute atomic E-state index is 0.290. The van der Waals surface area contributed by atoms with Gasteiger partial charge in [-0.25, -0.2) is 9.69 Å². The van der Waals surface area contributed by atoms with Gasteiger partial charge in [0.25, 0.3) is 0 Å². The van der Waals surface area contributed by atoms with Crippen LogP contribution < -0.4 is 16.0 Å². The van der Waals surface area contributed by atoms with E-state index in [1.54, 1.807) is 6.08 Å². The van der Waals surface area contributed by atoms with Crippen molar-refractivity contribution in [2.75, 3.05) is 11.4 Å². The Morgan fingerprint density at radius 3 is 2.35 bits per heavy atom. The lowest BCUT2D eigenvalue weighted by Crippen LogP contribution is -2.48. The Labute approximate surface area is 120 Å². The van der Waals surface area contributed by atoms with Gasteiger partial charge in [0.15, 0.2) is 0 Å². The highest BCUT2D eigenvalue weighted by molar-refractivity contribution is 6.14. The molecule has 1 aromatic rings. The molecular weight excluding hydrogens is 252 g/mol. The Bertz CT molecular complexity index is 488. The van der Waals surface area contributed by atoms with Crippen molar-refractivity contribution < 1.29 is 4.79 Å². The molecule has 4 N–H and O–H groups in total. The molecule has 0 spiro atoms. The van der Waals surface area contributed by atoms with Gasteiger partial charge in [-0.15, -0.1) is 6.58 Å². The summed E-state index contributed by atoms with van der Waals surface area (Å²) in [5, 5.41) is 10.4. The Morgan fingerprint density at radius 2 is 1.95 bits per heavy atom. The molecule has 0 saturated carbocycles. The number of urea groups is 1. The Morgan fingerprint density at radius 1 is 1.40 bits per heavy atom. The average Bonchev–Trinajstić information content (AvgIpc) is 2.44. The summed E-state index contributed by atoms with van der Waals surface area (Å²) in [4.78, 5) is 13.4. The fraction of sp³-hybridized carbons (Fsp3) is 0.333. The summed E-state index contributed by atoms with van der Waals surface area (Å²) >= 11 is 0. The van der Waals surface area contributed by atoms with Crippen molar-refractivity contribution in [3.8, 4) is 0 Å². The number of rotatable bonds is 5. The molecule has 0 aliphatic carbocycles. The molecular formula is C15H22N4O. The van der Waals surface area contributed by atoms with Crippen LogP contribution >= 0.6 is 0 Å². The third kappa shape index (κ3) is 3.38. The van der Waals surface area contributed by atoms with Gasteiger partial charge in [0.1, 0.15) is 0 Å². The van der Waals surface area contributed by atoms with Crippen LogP contribution in [0, 0.1) is 5.41 Å². The minimum atomic E-state index is -0.409. The van der Waals surface area contributed by atoms with E-state index in [4.69, 9.17) is 11.1 Å². The highest BCUT2D eigenvalue weighted by Gasteiger charge is 2.22. The summed E-state index contributed by atoms with van der Waals surface area (Å²) in [7, 11) is 0. The van der Waals surface area contributed by atoms with Gasteiger partial charge in [0.05, 0.1) is 5.69 Å². The zero-order valence-corrected chi connectivity index (χ0v) is 12.1. The van der Waals surface area contributed by atoms with E-state index in [2.05, 4.69) is 11.9 Å². The van der Waals surface area contributed by atoms with Gasteiger partial charge in [0, 0.05) is 6.54 Å². The lowest BCUT2D eigenvalue weighted by molar-refractivity contribution is 0.250. The third-order valence-electron chi connectivity index (χ3n) is 3.03. The largest absolute Gasteiger partial charge is 0.369 e. The van der Waals surface area contributed by atoms with Gasteiger partial charge in [-0.3, -0.25) is 5.41 Å². The molecule has 0 atom stereocenters. The lowest BCUT2D eigenvalue weighted by atomic mass is 10.0. The molecule has 1 rings (SSSR count). The molecule has 5 nitrogen and oxygen atoms in total. The number of anilines is 1. The second-order valence-corrected chi connectivity index (χ2v) is 4.33. The molecule has 1 aromatic carbocycles. The number of nitrogens with two attached hydrogens (primary N) is 1. The molecule has 0 saturated heterocycles. The number of nitrogens with one attached hydrogen (secondary N) is 2. The summed E-state index contributed by atoms with van der Waals surface area (Å²) in [6.07, 6.45) is 3.12. The monoisotopic (exact) mass is 274 g/mol. The number of amides is 2. The number of para-hydroxylation sites is 1. The van der Waals surface area contributed by atoms with E-state index in [0.29, 0.717) is 12.2 Å². The summed E-state index contributed by atoms with van der Waals surface area (Å²) in [5.74, 6) is -0.290. The molecule has 0 aromatic heterocycles. The predicted molar refractivity (Wildman–Crippen MR) is 83.2 cm³/mol. The fourth-order valence-electron chi connectivity index (χ4n) is 2.07. The second kappa shape index (κ2) is 7.33. The van der Waals surface area contributed by atoms with Crippen LogP contribution in [0.2, 0.25) is 0 Å². The van der Waals surface area contributed by atoms with Crippen molar-refractivity contribution in [2.24, 2.45) is 5.73 Å². The molecule has 20 heavy (non-hydrogen) atoms. The van der Waals surface area contributed by atoms with Crippen molar-refractivity contribution in [2.45, 2.75) is 26.7 Å². The molecule has 0 aliphatic heterocycles. The number of nitrogens with zero attached hydrogens (tertiary/aromatic N) is 1. The third-order valence-corrected chi connectivity index (χ3v) is 3.03. The standard InChI is InChI=1S/C15H22N4O/c1-4-10-18-15(20)19(14(16)17)13-11(5-2)8-7-9-12(13)6-3/h4,7-9H,1,5-6,10H2,2-3H3,(H3,16,17)(H,18,20). The van der Waals surface area contributed by atoms with Crippen LogP contribution in [-0.2, 0) is 12.8 Å². The van der Waals surface area contributed by atoms with E-state index in [1.165, 1.54) is 4.90 Å². The summed E-state index contributed by atoms with van der Waals surface area (Å²) in [6.45, 7) is 7.91. The van der Waals surface area contributed by atoms with Crippen LogP contribution in [0.1, 0.15) is 25.0 Å². The minimum Gasteiger partial charge on any atom is -0.369 e. The first-order valence-electron chi connectivity index (χ1n) is 6.70. The molecule has 0 unspecified atom stereocenters. The predicted octanol–water partition coefficient (Wildman–Crippen LogP) is 2.41. The number of carbonyl (C=O) groups excluding carboxylic acids is 1. The number of guanidine groups is 1. The highest BCUT2D eigenvalue weighted by Crippen LogP contribution is 2.27. The highest BCUT2D eigenvalue weighted by atomic mass is 16.2. The van der Waals surface area contributed by atoms with Gasteiger partial charge < -0.3 is 11.1 Å². The summed E-state index contributed by atoms with van der Waals surface area (Å²) in [6, 6.07) is 5.45. The lowest BCUT2D eigenvalue weighted by Gasteiger charge is -2.25. The smallest absolute Gasteiger partial charge is 0.329 e. The molecule has 108 valence electrons. The quantitative estimate of drug-likeness (QED) is 0.438. The second-order valence-electron chi connectivity index (χ2n) is 4.33. The molecule has 5 heteroatoms. The maximum Gasteiger partial charge on any atom is 0.329 e. The Hall–Kier alpha value is -2.30. The van der Waals surface area contributed by atoms with E-state index in [0.717, 1.165) is 24.0 Å². The average molecular weight is 274 g/mol. The maximum atomic E-state index is 12.2. The zero-order chi connectivity index (χ0) is 15.1. The number of hydrogen-bond donors (Lipinski definition) is 3. The van der Waals surface area contributed by atoms with Gasteiger partial charge in [-0.1, -0.05) is 38.1 Å². The van der Waals surface area contributed by atoms with Crippen LogP contribution in [0.4, 0.5) is 10.5 Å². The van der Waals surface area contributed by atoms with E-state index in [9.17, 15) is 4.79 Å². The maximum absolute atomic E-state index is 12.2. The van der Waals surface area contributed by atoms with E-state index < -0.39 is 6.03 Å². The number of aryl methyl sites for hydroxylation is 2. The number of hydrogen-bond acceptors (Lipinski definition) is 2. The summed E-state index contributed by atoms with van der Waals surface area (Å²) < 4.78 is 0. The first-order chi connectivity index (χ1) is 9.56. The van der Waals surface area contributed by atoms with Crippen molar-refractivity contribution in [1.82, 2.24) is 5.32 Å². The first kappa shape index (κ1) is 15.8. The van der Waals surface area contributed by atoms with Crippen LogP contribution in [0.3, 0.4) is 0 Å². The van der Waals surface area contributed by atoms with Crippen LogP contribution in [0.15, 0.2) is 30.9 Å². The zero-order valence-electron chi connectivity index (χ0n) is 12.1. The van der Waals surface area contributed by atoms with Gasteiger partial charge in [0.2, 0.25) is 5.96 Å². The SMILES string of the molecule is C=CCNC(=O)N(C(=N)N)c1c(CC)cccc1CC. The Balaban J connectivity index is 3.30. The van der Waals surface area contributed by atoms with Gasteiger partial charge in [-0.05, 0) is 24.0 Å². The molecule has 2 amide bonds. The number of benzene rings is 1. The molecule has 0 radical (unpaired) electrons. The first-order valence-corrected chi connectivity index (χ1v) is 6.70. The van der Waals surface area contributed by atoms with E-state index >= 15 is 0 Å². The molecule has 0 heterocycles. The fourth-order valence-corrected chi connectivity index (χ4v) is 2.07. The van der Waals surface area contributed by atoms with Crippen LogP contribution in [0.25, 0.3) is 0 Å². The normalized spacial score (nSPS) is 9.90. The molecule has 0 aliphatic rings. The van der Waals surface area contributed by atoms with E-state index in [1.807, 2.05) is 32.0 Å². The van der Waals surface area contributed by atoms with Crippen molar-refractivity contribution in [1.29, 1.82) is 5.41 Å². The van der Waals surface area contributed by atoms with Crippen molar-refractivity contribution >= 4 is 17.7 Å². The van der Waals surface area contributed by atoms with Gasteiger partial charge >= 0.3 is 6.03 Å². The summed E-state index contributed by atoms with van der Waals surface area (Å²) in [5.41, 5.74) is 8.31. The van der Waals surface area contributed by atoms with Crippen LogP contribution in [0.5, 0.6) is 0 Å². The number of carbonyl (C=O) groups is 1. The molecule has 0 bridgehead atoms.